The van der Waals surface area contributed by atoms with Crippen LogP contribution in [-0.4, -0.2) is 19.5 Å². The van der Waals surface area contributed by atoms with Crippen molar-refractivity contribution >= 4 is 43.7 Å². The number of para-hydroxylation sites is 3. The fourth-order valence-corrected chi connectivity index (χ4v) is 8.08. The van der Waals surface area contributed by atoms with E-state index in [-0.39, 0.29) is 0 Å². The van der Waals surface area contributed by atoms with Crippen molar-refractivity contribution in [3.63, 3.8) is 0 Å². The highest BCUT2D eigenvalue weighted by Crippen LogP contribution is 2.41. The van der Waals surface area contributed by atoms with Crippen molar-refractivity contribution in [2.45, 2.75) is 0 Å². The van der Waals surface area contributed by atoms with Crippen LogP contribution in [0.1, 0.15) is 0 Å². The average Bonchev–Trinajstić information content (AvgIpc) is 3.83. The molecule has 0 saturated carbocycles. The van der Waals surface area contributed by atoms with Gasteiger partial charge in [-0.05, 0) is 52.1 Å². The smallest absolute Gasteiger partial charge is 0.238 e. The molecule has 0 spiro atoms. The number of benzene rings is 8. The predicted octanol–water partition coefficient (Wildman–Crippen LogP) is 13.2. The zero-order chi connectivity index (χ0) is 37.0. The van der Waals surface area contributed by atoms with Crippen LogP contribution in [0.5, 0.6) is 0 Å². The molecule has 3 aromatic heterocycles. The van der Waals surface area contributed by atoms with Crippen molar-refractivity contribution in [3.05, 3.63) is 194 Å². The first-order chi connectivity index (χ1) is 27.8. The molecule has 0 aliphatic rings. The van der Waals surface area contributed by atoms with Gasteiger partial charge in [0.2, 0.25) is 5.95 Å². The Kier molecular flexibility index (Phi) is 7.42. The largest absolute Gasteiger partial charge is 0.456 e. The molecule has 0 radical (unpaired) electrons. The van der Waals surface area contributed by atoms with E-state index in [0.29, 0.717) is 17.6 Å². The molecule has 56 heavy (non-hydrogen) atoms. The average molecular weight is 717 g/mol. The zero-order valence-corrected chi connectivity index (χ0v) is 30.2. The van der Waals surface area contributed by atoms with Crippen molar-refractivity contribution in [2.75, 3.05) is 0 Å². The number of furan rings is 1. The molecule has 262 valence electrons. The molecule has 0 amide bonds. The standard InChI is InChI=1S/C51H32N4O/c1-3-14-33(15-4-1)34-28-30-36(31-29-34)50-52-49(35-16-5-2-6-17-35)53-51(54-50)55-44-25-9-7-20-41(44)42-24-12-23-40(48(42)55)38-19-11-18-37(32-38)39-22-13-27-46-47(39)43-21-8-10-26-45(43)56-46/h1-32H. The van der Waals surface area contributed by atoms with E-state index in [4.69, 9.17) is 19.4 Å². The SMILES string of the molecule is c1ccc(-c2ccc(-c3nc(-c4ccccc4)nc(-n4c5ccccc5c5cccc(-c6cccc(-c7cccc8oc9ccccc9c78)c6)c54)n3)cc2)cc1. The monoisotopic (exact) mass is 716 g/mol. The summed E-state index contributed by atoms with van der Waals surface area (Å²) in [5, 5.41) is 4.49. The van der Waals surface area contributed by atoms with Gasteiger partial charge in [0, 0.05) is 38.2 Å². The summed E-state index contributed by atoms with van der Waals surface area (Å²) >= 11 is 0. The molecule has 0 atom stereocenters. The molecular formula is C51H32N4O. The van der Waals surface area contributed by atoms with Gasteiger partial charge >= 0.3 is 0 Å². The van der Waals surface area contributed by atoms with Crippen molar-refractivity contribution in [1.29, 1.82) is 0 Å². The molecule has 11 aromatic rings. The molecule has 11 rings (SSSR count). The van der Waals surface area contributed by atoms with Gasteiger partial charge in [0.1, 0.15) is 11.2 Å². The number of fused-ring (bicyclic) bond motifs is 6. The summed E-state index contributed by atoms with van der Waals surface area (Å²) in [6.07, 6.45) is 0. The molecule has 3 heterocycles. The maximum Gasteiger partial charge on any atom is 0.238 e. The van der Waals surface area contributed by atoms with Crippen LogP contribution in [0.3, 0.4) is 0 Å². The van der Waals surface area contributed by atoms with E-state index in [1.54, 1.807) is 0 Å². The highest BCUT2D eigenvalue weighted by atomic mass is 16.3. The summed E-state index contributed by atoms with van der Waals surface area (Å²) in [5.41, 5.74) is 12.4. The van der Waals surface area contributed by atoms with Gasteiger partial charge in [0.05, 0.1) is 11.0 Å². The molecule has 0 aliphatic carbocycles. The molecule has 8 aromatic carbocycles. The van der Waals surface area contributed by atoms with Crippen LogP contribution in [0, 0.1) is 0 Å². The van der Waals surface area contributed by atoms with Crippen LogP contribution in [0.4, 0.5) is 0 Å². The van der Waals surface area contributed by atoms with Gasteiger partial charge in [-0.25, -0.2) is 4.98 Å². The lowest BCUT2D eigenvalue weighted by Crippen LogP contribution is -2.07. The fraction of sp³-hybridized carbons (Fsp3) is 0. The van der Waals surface area contributed by atoms with Gasteiger partial charge in [-0.15, -0.1) is 0 Å². The van der Waals surface area contributed by atoms with E-state index in [1.807, 2.05) is 54.6 Å². The highest BCUT2D eigenvalue weighted by molar-refractivity contribution is 6.15. The normalized spacial score (nSPS) is 11.6. The number of nitrogens with zero attached hydrogens (tertiary/aromatic N) is 4. The Morgan fingerprint density at radius 2 is 0.875 bits per heavy atom. The molecule has 0 bridgehead atoms. The number of hydrogen-bond acceptors (Lipinski definition) is 4. The van der Waals surface area contributed by atoms with Gasteiger partial charge in [0.25, 0.3) is 0 Å². The van der Waals surface area contributed by atoms with Gasteiger partial charge in [0.15, 0.2) is 11.6 Å². The van der Waals surface area contributed by atoms with Gasteiger partial charge < -0.3 is 4.42 Å². The minimum atomic E-state index is 0.561. The summed E-state index contributed by atoms with van der Waals surface area (Å²) < 4.78 is 8.49. The fourth-order valence-electron chi connectivity index (χ4n) is 8.08. The van der Waals surface area contributed by atoms with Crippen LogP contribution in [-0.2, 0) is 0 Å². The minimum absolute atomic E-state index is 0.561. The first-order valence-corrected chi connectivity index (χ1v) is 18.8. The third kappa shape index (κ3) is 5.29. The lowest BCUT2D eigenvalue weighted by atomic mass is 9.95. The lowest BCUT2D eigenvalue weighted by Gasteiger charge is -2.14. The molecule has 0 fully saturated rings. The van der Waals surface area contributed by atoms with Crippen molar-refractivity contribution < 1.29 is 4.42 Å². The summed E-state index contributed by atoms with van der Waals surface area (Å²) in [6, 6.07) is 67.4. The van der Waals surface area contributed by atoms with E-state index >= 15 is 0 Å². The lowest BCUT2D eigenvalue weighted by molar-refractivity contribution is 0.669. The van der Waals surface area contributed by atoms with E-state index < -0.39 is 0 Å². The van der Waals surface area contributed by atoms with Gasteiger partial charge in [-0.1, -0.05) is 170 Å². The summed E-state index contributed by atoms with van der Waals surface area (Å²) in [7, 11) is 0. The molecule has 0 saturated heterocycles. The summed E-state index contributed by atoms with van der Waals surface area (Å²) in [4.78, 5) is 15.6. The number of hydrogen-bond donors (Lipinski definition) is 0. The first kappa shape index (κ1) is 31.9. The third-order valence-corrected chi connectivity index (χ3v) is 10.7. The molecule has 0 aliphatic heterocycles. The van der Waals surface area contributed by atoms with Crippen molar-refractivity contribution in [1.82, 2.24) is 19.5 Å². The molecule has 0 N–H and O–H groups in total. The Bertz CT molecular complexity index is 3240. The van der Waals surface area contributed by atoms with Gasteiger partial charge in [-0.3, -0.25) is 4.57 Å². The number of rotatable bonds is 6. The Balaban J connectivity index is 1.13. The molecular weight excluding hydrogens is 685 g/mol. The minimum Gasteiger partial charge on any atom is -0.456 e. The highest BCUT2D eigenvalue weighted by Gasteiger charge is 2.21. The first-order valence-electron chi connectivity index (χ1n) is 18.8. The van der Waals surface area contributed by atoms with Crippen LogP contribution in [0.2, 0.25) is 0 Å². The Hall–Kier alpha value is -7.63. The van der Waals surface area contributed by atoms with E-state index in [1.165, 1.54) is 0 Å². The van der Waals surface area contributed by atoms with Crippen LogP contribution < -0.4 is 0 Å². The van der Waals surface area contributed by atoms with Crippen LogP contribution in [0.15, 0.2) is 199 Å². The van der Waals surface area contributed by atoms with Crippen molar-refractivity contribution in [2.24, 2.45) is 0 Å². The van der Waals surface area contributed by atoms with E-state index in [0.717, 1.165) is 88.3 Å². The third-order valence-electron chi connectivity index (χ3n) is 10.7. The Labute approximate surface area is 322 Å². The van der Waals surface area contributed by atoms with Crippen LogP contribution >= 0.6 is 0 Å². The quantitative estimate of drug-likeness (QED) is 0.172. The van der Waals surface area contributed by atoms with E-state index in [9.17, 15) is 0 Å². The van der Waals surface area contributed by atoms with Crippen LogP contribution in [0.25, 0.3) is 106 Å². The van der Waals surface area contributed by atoms with E-state index in [2.05, 4.69) is 144 Å². The molecule has 5 nitrogen and oxygen atoms in total. The number of aromatic nitrogens is 4. The topological polar surface area (TPSA) is 56.7 Å². The molecule has 5 heteroatoms. The van der Waals surface area contributed by atoms with Gasteiger partial charge in [-0.2, -0.15) is 9.97 Å². The second-order valence-corrected chi connectivity index (χ2v) is 14.0. The second kappa shape index (κ2) is 13.0. The maximum absolute atomic E-state index is 6.27. The predicted molar refractivity (Wildman–Crippen MR) is 229 cm³/mol. The Morgan fingerprint density at radius 3 is 1.66 bits per heavy atom. The van der Waals surface area contributed by atoms with Crippen molar-refractivity contribution in [3.8, 4) is 62.1 Å². The molecule has 0 unspecified atom stereocenters. The Morgan fingerprint density at radius 1 is 0.357 bits per heavy atom. The zero-order valence-electron chi connectivity index (χ0n) is 30.2. The second-order valence-electron chi connectivity index (χ2n) is 14.0. The summed E-state index contributed by atoms with van der Waals surface area (Å²) in [5.74, 6) is 1.79. The maximum atomic E-state index is 6.27. The summed E-state index contributed by atoms with van der Waals surface area (Å²) in [6.45, 7) is 0.